The van der Waals surface area contributed by atoms with Gasteiger partial charge in [-0.05, 0) is 46.2 Å². The topological polar surface area (TPSA) is 153 Å². The van der Waals surface area contributed by atoms with Crippen molar-refractivity contribution in [3.8, 4) is 0 Å². The Kier molecular flexibility index (Phi) is 7.11. The minimum Gasteiger partial charge on any atom is -0.444 e. The summed E-state index contributed by atoms with van der Waals surface area (Å²) in [5, 5.41) is 5.32. The van der Waals surface area contributed by atoms with E-state index < -0.39 is 17.3 Å². The molecule has 0 saturated carbocycles. The number of nitrogens with zero attached hydrogens (tertiary/aromatic N) is 3. The molecule has 0 aliphatic heterocycles. The van der Waals surface area contributed by atoms with Gasteiger partial charge in [0, 0.05) is 24.1 Å². The number of nitrogens with one attached hydrogen (secondary N) is 3. The Morgan fingerprint density at radius 2 is 1.93 bits per heavy atom. The van der Waals surface area contributed by atoms with Crippen LogP contribution in [0, 0.1) is 13.8 Å². The highest BCUT2D eigenvalue weighted by Crippen LogP contribution is 2.13. The van der Waals surface area contributed by atoms with E-state index in [1.54, 1.807) is 46.8 Å². The summed E-state index contributed by atoms with van der Waals surface area (Å²) < 4.78 is 6.47. The van der Waals surface area contributed by atoms with Crippen molar-refractivity contribution in [2.45, 2.75) is 53.3 Å². The first kappa shape index (κ1) is 22.8. The smallest absolute Gasteiger partial charge is 0.413 e. The molecule has 11 nitrogen and oxygen atoms in total. The molecule has 0 radical (unpaired) electrons. The monoisotopic (exact) mass is 417 g/mol. The lowest BCUT2D eigenvalue weighted by molar-refractivity contribution is -0.121. The van der Waals surface area contributed by atoms with Crippen molar-refractivity contribution >= 4 is 23.6 Å². The van der Waals surface area contributed by atoms with Gasteiger partial charge in [-0.25, -0.2) is 20.6 Å². The second-order valence-corrected chi connectivity index (χ2v) is 7.63. The molecule has 0 bridgehead atoms. The van der Waals surface area contributed by atoms with Crippen molar-refractivity contribution in [1.82, 2.24) is 19.9 Å². The highest BCUT2D eigenvalue weighted by Gasteiger charge is 2.17. The van der Waals surface area contributed by atoms with Crippen LogP contribution in [0.15, 0.2) is 23.1 Å². The standard InChI is InChI=1S/C19H27N7O4/c1-11-8-22-16(25-20)17(28)26(11)10-15(27)21-9-13-6-7-14(23-12(13)2)24-18(29)30-19(3,4)5/h6-8H,9-10,20H2,1-5H3,(H,21,27)(H,22,25)(H,23,24,29). The number of anilines is 2. The van der Waals surface area contributed by atoms with E-state index in [4.69, 9.17) is 10.6 Å². The summed E-state index contributed by atoms with van der Waals surface area (Å²) in [7, 11) is 0. The number of nitrogen functional groups attached to an aromatic ring is 1. The van der Waals surface area contributed by atoms with Crippen LogP contribution >= 0.6 is 0 Å². The number of hydrazine groups is 1. The number of nitrogens with two attached hydrogens (primary N) is 1. The highest BCUT2D eigenvalue weighted by atomic mass is 16.6. The molecule has 30 heavy (non-hydrogen) atoms. The van der Waals surface area contributed by atoms with E-state index in [0.717, 1.165) is 5.56 Å². The number of carbonyl (C=O) groups is 2. The van der Waals surface area contributed by atoms with E-state index in [0.29, 0.717) is 17.2 Å². The molecule has 11 heteroatoms. The Morgan fingerprint density at radius 3 is 2.53 bits per heavy atom. The zero-order chi connectivity index (χ0) is 22.5. The molecule has 0 aliphatic carbocycles. The summed E-state index contributed by atoms with van der Waals surface area (Å²) >= 11 is 0. The van der Waals surface area contributed by atoms with Crippen molar-refractivity contribution in [3.05, 3.63) is 45.6 Å². The van der Waals surface area contributed by atoms with Gasteiger partial charge in [0.1, 0.15) is 18.0 Å². The van der Waals surface area contributed by atoms with Gasteiger partial charge < -0.3 is 15.5 Å². The molecule has 162 valence electrons. The Labute approximate surface area is 174 Å². The summed E-state index contributed by atoms with van der Waals surface area (Å²) in [5.41, 5.74) is 3.05. The number of hydrogen-bond donors (Lipinski definition) is 4. The molecule has 2 aromatic rings. The number of aryl methyl sites for hydroxylation is 2. The van der Waals surface area contributed by atoms with E-state index in [-0.39, 0.29) is 24.8 Å². The van der Waals surface area contributed by atoms with Crippen LogP contribution in [-0.4, -0.2) is 32.1 Å². The molecule has 0 aliphatic rings. The zero-order valence-corrected chi connectivity index (χ0v) is 17.7. The molecule has 2 rings (SSSR count). The number of aromatic nitrogens is 3. The van der Waals surface area contributed by atoms with Crippen molar-refractivity contribution in [1.29, 1.82) is 0 Å². The minimum atomic E-state index is -0.612. The highest BCUT2D eigenvalue weighted by molar-refractivity contribution is 5.83. The number of rotatable bonds is 6. The number of ether oxygens (including phenoxy) is 1. The third kappa shape index (κ3) is 6.27. The zero-order valence-electron chi connectivity index (χ0n) is 17.7. The van der Waals surface area contributed by atoms with E-state index in [9.17, 15) is 14.4 Å². The van der Waals surface area contributed by atoms with Crippen LogP contribution in [0.25, 0.3) is 0 Å². The SMILES string of the molecule is Cc1nc(NC(=O)OC(C)(C)C)ccc1CNC(=O)Cn1c(C)cnc(NN)c1=O. The lowest BCUT2D eigenvalue weighted by Crippen LogP contribution is -2.35. The van der Waals surface area contributed by atoms with Crippen LogP contribution in [0.5, 0.6) is 0 Å². The molecule has 2 amide bonds. The van der Waals surface area contributed by atoms with Gasteiger partial charge in [-0.15, -0.1) is 0 Å². The Hall–Kier alpha value is -3.47. The van der Waals surface area contributed by atoms with E-state index in [2.05, 4.69) is 26.0 Å². The summed E-state index contributed by atoms with van der Waals surface area (Å²) in [6, 6.07) is 3.37. The predicted molar refractivity (Wildman–Crippen MR) is 112 cm³/mol. The van der Waals surface area contributed by atoms with Gasteiger partial charge in [0.25, 0.3) is 5.56 Å². The fourth-order valence-corrected chi connectivity index (χ4v) is 2.51. The number of hydrogen-bond acceptors (Lipinski definition) is 8. The molecule has 0 aromatic carbocycles. The number of pyridine rings is 1. The average molecular weight is 417 g/mol. The van der Waals surface area contributed by atoms with Gasteiger partial charge in [0.15, 0.2) is 0 Å². The third-order valence-corrected chi connectivity index (χ3v) is 3.99. The van der Waals surface area contributed by atoms with Crippen molar-refractivity contribution in [3.63, 3.8) is 0 Å². The van der Waals surface area contributed by atoms with E-state index in [1.807, 2.05) is 0 Å². The molecule has 0 saturated heterocycles. The average Bonchev–Trinajstić information content (AvgIpc) is 2.63. The van der Waals surface area contributed by atoms with Gasteiger partial charge in [0.2, 0.25) is 11.7 Å². The molecular formula is C19H27N7O4. The van der Waals surface area contributed by atoms with Gasteiger partial charge in [-0.3, -0.25) is 19.5 Å². The Balaban J connectivity index is 1.99. The van der Waals surface area contributed by atoms with Crippen molar-refractivity contribution in [2.75, 3.05) is 10.7 Å². The summed E-state index contributed by atoms with van der Waals surface area (Å²) in [5.74, 6) is 5.20. The Morgan fingerprint density at radius 1 is 1.23 bits per heavy atom. The molecule has 0 unspecified atom stereocenters. The van der Waals surface area contributed by atoms with Gasteiger partial charge >= 0.3 is 6.09 Å². The maximum atomic E-state index is 12.3. The third-order valence-electron chi connectivity index (χ3n) is 3.99. The van der Waals surface area contributed by atoms with E-state index in [1.165, 1.54) is 10.8 Å². The summed E-state index contributed by atoms with van der Waals surface area (Å²) in [6.45, 7) is 8.78. The number of carbonyl (C=O) groups excluding carboxylic acids is 2. The quantitative estimate of drug-likeness (QED) is 0.404. The molecule has 0 fully saturated rings. The molecule has 2 heterocycles. The first-order chi connectivity index (χ1) is 14.0. The lowest BCUT2D eigenvalue weighted by atomic mass is 10.2. The van der Waals surface area contributed by atoms with Crippen molar-refractivity contribution < 1.29 is 14.3 Å². The van der Waals surface area contributed by atoms with Crippen LogP contribution in [0.4, 0.5) is 16.4 Å². The fraction of sp³-hybridized carbons (Fsp3) is 0.421. The molecule has 0 spiro atoms. The second-order valence-electron chi connectivity index (χ2n) is 7.63. The first-order valence-electron chi connectivity index (χ1n) is 9.26. The van der Waals surface area contributed by atoms with Crippen LogP contribution in [0.2, 0.25) is 0 Å². The normalized spacial score (nSPS) is 11.0. The molecule has 5 N–H and O–H groups in total. The maximum Gasteiger partial charge on any atom is 0.413 e. The summed E-state index contributed by atoms with van der Waals surface area (Å²) in [6.07, 6.45) is 0.855. The Bertz CT molecular complexity index is 995. The van der Waals surface area contributed by atoms with Crippen LogP contribution in [0.3, 0.4) is 0 Å². The van der Waals surface area contributed by atoms with Crippen LogP contribution in [0.1, 0.15) is 37.7 Å². The minimum absolute atomic E-state index is 0.0403. The van der Waals surface area contributed by atoms with Crippen LogP contribution in [-0.2, 0) is 22.6 Å². The predicted octanol–water partition coefficient (Wildman–Crippen LogP) is 1.20. The van der Waals surface area contributed by atoms with Crippen LogP contribution < -0.4 is 27.5 Å². The molecule has 0 atom stereocenters. The lowest BCUT2D eigenvalue weighted by Gasteiger charge is -2.19. The van der Waals surface area contributed by atoms with E-state index >= 15 is 0 Å². The molecular weight excluding hydrogens is 390 g/mol. The van der Waals surface area contributed by atoms with Crippen molar-refractivity contribution in [2.24, 2.45) is 5.84 Å². The largest absolute Gasteiger partial charge is 0.444 e. The van der Waals surface area contributed by atoms with Gasteiger partial charge in [-0.2, -0.15) is 0 Å². The second kappa shape index (κ2) is 9.35. The summed E-state index contributed by atoms with van der Waals surface area (Å²) in [4.78, 5) is 44.5. The fourth-order valence-electron chi connectivity index (χ4n) is 2.51. The van der Waals surface area contributed by atoms with Gasteiger partial charge in [-0.1, -0.05) is 6.07 Å². The maximum absolute atomic E-state index is 12.3. The molecule has 2 aromatic heterocycles. The number of amides is 2. The van der Waals surface area contributed by atoms with Gasteiger partial charge in [0.05, 0.1) is 0 Å². The first-order valence-corrected chi connectivity index (χ1v) is 9.26.